The summed E-state index contributed by atoms with van der Waals surface area (Å²) in [6.07, 6.45) is 2.28. The van der Waals surface area contributed by atoms with Crippen molar-refractivity contribution in [2.24, 2.45) is 0 Å². The molecule has 16 heteroatoms. The SMILES string of the molecule is O=C(CCOC(OCCC(=O)OCc1ccco1)(OCCC(=O)OCc1ccco1)OCCC(=O)OCc1ccco1)OCc1ccco1. The van der Waals surface area contributed by atoms with Crippen LogP contribution in [0.3, 0.4) is 0 Å². The molecule has 264 valence electrons. The molecule has 4 rings (SSSR count). The maximum atomic E-state index is 12.4. The number of rotatable bonds is 24. The number of carbonyl (C=O) groups is 4. The molecule has 0 N–H and O–H groups in total. The molecule has 0 bridgehead atoms. The van der Waals surface area contributed by atoms with Crippen LogP contribution in [0.1, 0.15) is 48.7 Å². The minimum absolute atomic E-state index is 0.0964. The Hall–Kier alpha value is -5.16. The third-order valence-electron chi connectivity index (χ3n) is 6.16. The third kappa shape index (κ3) is 14.2. The molecule has 0 fully saturated rings. The molecule has 0 saturated carbocycles. The lowest BCUT2D eigenvalue weighted by Crippen LogP contribution is -2.44. The van der Waals surface area contributed by atoms with Gasteiger partial charge in [0.2, 0.25) is 0 Å². The molecule has 0 unspecified atom stereocenters. The van der Waals surface area contributed by atoms with Gasteiger partial charge in [-0.05, 0) is 48.5 Å². The van der Waals surface area contributed by atoms with E-state index in [2.05, 4.69) is 0 Å². The van der Waals surface area contributed by atoms with Crippen molar-refractivity contribution in [1.29, 1.82) is 0 Å². The molecule has 16 nitrogen and oxygen atoms in total. The van der Waals surface area contributed by atoms with Crippen LogP contribution in [-0.2, 0) is 83.5 Å². The van der Waals surface area contributed by atoms with Crippen LogP contribution in [0.4, 0.5) is 0 Å². The van der Waals surface area contributed by atoms with Crippen LogP contribution in [0.2, 0.25) is 0 Å². The predicted octanol–water partition coefficient (Wildman–Crippen LogP) is 4.57. The van der Waals surface area contributed by atoms with Crippen LogP contribution in [-0.4, -0.2) is 56.5 Å². The third-order valence-corrected chi connectivity index (χ3v) is 6.16. The lowest BCUT2D eigenvalue weighted by molar-refractivity contribution is -0.498. The molecule has 0 aromatic carbocycles. The van der Waals surface area contributed by atoms with E-state index < -0.39 is 30.0 Å². The summed E-state index contributed by atoms with van der Waals surface area (Å²) in [7, 11) is 0. The van der Waals surface area contributed by atoms with Gasteiger partial charge in [0.15, 0.2) is 0 Å². The molecular formula is C33H36O16. The fourth-order valence-electron chi connectivity index (χ4n) is 3.76. The van der Waals surface area contributed by atoms with E-state index in [4.69, 9.17) is 55.6 Å². The first-order chi connectivity index (χ1) is 23.9. The Bertz CT molecular complexity index is 1260. The van der Waals surface area contributed by atoms with Crippen LogP contribution < -0.4 is 0 Å². The van der Waals surface area contributed by atoms with E-state index in [-0.39, 0.29) is 78.5 Å². The van der Waals surface area contributed by atoms with E-state index in [0.717, 1.165) is 0 Å². The van der Waals surface area contributed by atoms with Gasteiger partial charge in [0.25, 0.3) is 0 Å². The van der Waals surface area contributed by atoms with Gasteiger partial charge in [-0.15, -0.1) is 0 Å². The van der Waals surface area contributed by atoms with Crippen molar-refractivity contribution in [3.63, 3.8) is 0 Å². The molecule has 0 aliphatic rings. The van der Waals surface area contributed by atoms with Crippen molar-refractivity contribution in [2.75, 3.05) is 26.4 Å². The maximum absolute atomic E-state index is 12.4. The quantitative estimate of drug-likeness (QED) is 0.0563. The van der Waals surface area contributed by atoms with E-state index in [9.17, 15) is 19.2 Å². The van der Waals surface area contributed by atoms with Crippen LogP contribution in [0.25, 0.3) is 0 Å². The van der Waals surface area contributed by atoms with Crippen molar-refractivity contribution >= 4 is 23.9 Å². The highest BCUT2D eigenvalue weighted by atomic mass is 17.0. The number of hydrogen-bond donors (Lipinski definition) is 0. The first-order valence-corrected chi connectivity index (χ1v) is 15.2. The van der Waals surface area contributed by atoms with E-state index >= 15 is 0 Å². The standard InChI is InChI=1S/C33H36O16/c34-29(42-21-25-5-1-13-38-25)9-17-46-33(47-18-10-30(35)43-22-26-6-2-14-39-26,48-19-11-31(36)44-23-27-7-3-15-40-27)49-20-12-32(37)45-24-28-8-4-16-41-28/h1-8,13-16H,9-12,17-24H2. The van der Waals surface area contributed by atoms with E-state index in [1.165, 1.54) is 25.1 Å². The molecule has 0 saturated heterocycles. The zero-order valence-corrected chi connectivity index (χ0v) is 26.4. The van der Waals surface area contributed by atoms with Gasteiger partial charge in [0.05, 0.1) is 77.2 Å². The van der Waals surface area contributed by atoms with Crippen LogP contribution in [0, 0.1) is 0 Å². The lowest BCUT2D eigenvalue weighted by Gasteiger charge is -2.32. The molecule has 0 aliphatic carbocycles. The molecule has 4 aromatic heterocycles. The normalized spacial score (nSPS) is 11.3. The van der Waals surface area contributed by atoms with Gasteiger partial charge in [-0.25, -0.2) is 0 Å². The zero-order valence-electron chi connectivity index (χ0n) is 26.4. The molecule has 4 aromatic rings. The van der Waals surface area contributed by atoms with Gasteiger partial charge < -0.3 is 55.6 Å². The Kier molecular flexibility index (Phi) is 15.2. The second kappa shape index (κ2) is 20.3. The van der Waals surface area contributed by atoms with Gasteiger partial charge >= 0.3 is 30.0 Å². The lowest BCUT2D eigenvalue weighted by atomic mass is 10.4. The second-order valence-electron chi connectivity index (χ2n) is 9.85. The number of hydrogen-bond acceptors (Lipinski definition) is 16. The van der Waals surface area contributed by atoms with Gasteiger partial charge in [0.1, 0.15) is 49.5 Å². The highest BCUT2D eigenvalue weighted by molar-refractivity contribution is 5.70. The van der Waals surface area contributed by atoms with E-state index in [0.29, 0.717) is 23.0 Å². The topological polar surface area (TPSA) is 195 Å². The first kappa shape index (κ1) is 36.7. The molecule has 0 spiro atoms. The van der Waals surface area contributed by atoms with E-state index in [1.807, 2.05) is 0 Å². The average molecular weight is 689 g/mol. The Morgan fingerprint density at radius 3 is 0.878 bits per heavy atom. The fraction of sp³-hybridized carbons (Fsp3) is 0.394. The summed E-state index contributed by atoms with van der Waals surface area (Å²) in [4.78, 5) is 49.5. The summed E-state index contributed by atoms with van der Waals surface area (Å²) in [5.41, 5.74) is 0. The van der Waals surface area contributed by atoms with Gasteiger partial charge in [-0.2, -0.15) is 0 Å². The minimum Gasteiger partial charge on any atom is -0.466 e. The molecule has 0 atom stereocenters. The van der Waals surface area contributed by atoms with Crippen molar-refractivity contribution in [1.82, 2.24) is 0 Å². The molecule has 4 heterocycles. The Balaban J connectivity index is 1.35. The Morgan fingerprint density at radius 1 is 0.429 bits per heavy atom. The second-order valence-corrected chi connectivity index (χ2v) is 9.85. The fourth-order valence-corrected chi connectivity index (χ4v) is 3.76. The number of carbonyl (C=O) groups excluding carboxylic acids is 4. The predicted molar refractivity (Wildman–Crippen MR) is 159 cm³/mol. The average Bonchev–Trinajstić information content (AvgIpc) is 3.93. The molecule has 0 radical (unpaired) electrons. The summed E-state index contributed by atoms with van der Waals surface area (Å²) in [6, 6.07) is 13.2. The molecule has 0 aliphatic heterocycles. The first-order valence-electron chi connectivity index (χ1n) is 15.2. The Morgan fingerprint density at radius 2 is 0.673 bits per heavy atom. The Labute approximate surface area is 280 Å². The monoisotopic (exact) mass is 688 g/mol. The van der Waals surface area contributed by atoms with Crippen LogP contribution in [0.5, 0.6) is 0 Å². The van der Waals surface area contributed by atoms with Gasteiger partial charge in [0, 0.05) is 0 Å². The molecule has 49 heavy (non-hydrogen) atoms. The van der Waals surface area contributed by atoms with Crippen LogP contribution in [0.15, 0.2) is 91.3 Å². The van der Waals surface area contributed by atoms with Gasteiger partial charge in [-0.3, -0.25) is 19.2 Å². The number of ether oxygens (including phenoxy) is 8. The van der Waals surface area contributed by atoms with Crippen molar-refractivity contribution < 1.29 is 74.7 Å². The largest absolute Gasteiger partial charge is 0.466 e. The van der Waals surface area contributed by atoms with E-state index in [1.54, 1.807) is 48.5 Å². The summed E-state index contributed by atoms with van der Waals surface area (Å²) in [5.74, 6) is -0.814. The minimum atomic E-state index is -2.38. The highest BCUT2D eigenvalue weighted by Gasteiger charge is 2.37. The summed E-state index contributed by atoms with van der Waals surface area (Å²) < 4.78 is 64.3. The number of furan rings is 4. The summed E-state index contributed by atoms with van der Waals surface area (Å²) in [5, 5.41) is 0. The number of esters is 4. The van der Waals surface area contributed by atoms with Crippen molar-refractivity contribution in [3.05, 3.63) is 96.6 Å². The van der Waals surface area contributed by atoms with Crippen molar-refractivity contribution in [3.8, 4) is 0 Å². The zero-order chi connectivity index (χ0) is 34.6. The summed E-state index contributed by atoms with van der Waals surface area (Å²) >= 11 is 0. The smallest absolute Gasteiger partial charge is 0.412 e. The highest BCUT2D eigenvalue weighted by Crippen LogP contribution is 2.21. The molecular weight excluding hydrogens is 652 g/mol. The maximum Gasteiger partial charge on any atom is 0.412 e. The summed E-state index contributed by atoms with van der Waals surface area (Å²) in [6.45, 7) is -1.81. The molecule has 0 amide bonds. The van der Waals surface area contributed by atoms with Crippen molar-refractivity contribution in [2.45, 2.75) is 58.3 Å². The van der Waals surface area contributed by atoms with Gasteiger partial charge in [-0.1, -0.05) is 0 Å². The van der Waals surface area contributed by atoms with Crippen LogP contribution >= 0.6 is 0 Å².